The number of hydrogen-bond acceptors (Lipinski definition) is 5. The van der Waals surface area contributed by atoms with Gasteiger partial charge in [-0.2, -0.15) is 0 Å². The topological polar surface area (TPSA) is 66.3 Å². The van der Waals surface area contributed by atoms with Crippen LogP contribution < -0.4 is 0 Å². The molecule has 0 atom stereocenters. The Hall–Kier alpha value is -1.01. The van der Waals surface area contributed by atoms with Gasteiger partial charge in [0, 0.05) is 19.0 Å². The molecule has 0 spiro atoms. The lowest BCUT2D eigenvalue weighted by atomic mass is 9.91. The van der Waals surface area contributed by atoms with E-state index in [9.17, 15) is 9.90 Å². The van der Waals surface area contributed by atoms with Crippen LogP contribution in [0.15, 0.2) is 0 Å². The van der Waals surface area contributed by atoms with E-state index in [4.69, 9.17) is 0 Å². The van der Waals surface area contributed by atoms with Crippen LogP contribution in [0.3, 0.4) is 0 Å². The summed E-state index contributed by atoms with van der Waals surface area (Å²) in [6.07, 6.45) is 3.62. The lowest BCUT2D eigenvalue weighted by molar-refractivity contribution is 0.0157. The number of likely N-dealkylation sites (N-methyl/N-ethyl adjacent to an activating group) is 1. The van der Waals surface area contributed by atoms with Crippen LogP contribution in [0.25, 0.3) is 0 Å². The molecule has 6 heteroatoms. The maximum atomic E-state index is 12.5. The summed E-state index contributed by atoms with van der Waals surface area (Å²) in [6.45, 7) is 6.44. The minimum atomic E-state index is -0.718. The molecule has 2 rings (SSSR count). The van der Waals surface area contributed by atoms with Gasteiger partial charge >= 0.3 is 0 Å². The van der Waals surface area contributed by atoms with Gasteiger partial charge in [-0.3, -0.25) is 4.79 Å². The molecule has 1 saturated carbocycles. The van der Waals surface area contributed by atoms with Crippen molar-refractivity contribution in [3.8, 4) is 0 Å². The fraction of sp³-hybridized carbons (Fsp3) is 0.786. The highest BCUT2D eigenvalue weighted by atomic mass is 32.1. The Balaban J connectivity index is 2.13. The first-order valence-corrected chi connectivity index (χ1v) is 7.81. The third-order valence-corrected chi connectivity index (χ3v) is 4.52. The second kappa shape index (κ2) is 5.41. The molecule has 0 aliphatic heterocycles. The van der Waals surface area contributed by atoms with Gasteiger partial charge in [-0.1, -0.05) is 38.1 Å². The molecule has 1 amide bonds. The average Bonchev–Trinajstić information content (AvgIpc) is 2.95. The maximum absolute atomic E-state index is 12.5. The molecule has 0 radical (unpaired) electrons. The maximum Gasteiger partial charge on any atom is 0.267 e. The van der Waals surface area contributed by atoms with Gasteiger partial charge in [0.25, 0.3) is 5.91 Å². The highest BCUT2D eigenvalue weighted by Crippen LogP contribution is 2.31. The number of aromatic nitrogens is 2. The van der Waals surface area contributed by atoms with Gasteiger partial charge < -0.3 is 10.0 Å². The zero-order valence-corrected chi connectivity index (χ0v) is 13.5. The van der Waals surface area contributed by atoms with E-state index in [2.05, 4.69) is 9.59 Å². The first-order chi connectivity index (χ1) is 9.23. The van der Waals surface area contributed by atoms with E-state index < -0.39 is 5.60 Å². The van der Waals surface area contributed by atoms with Gasteiger partial charge in [0.1, 0.15) is 4.88 Å². The molecule has 5 nitrogen and oxygen atoms in total. The van der Waals surface area contributed by atoms with E-state index >= 15 is 0 Å². The van der Waals surface area contributed by atoms with Gasteiger partial charge in [0.05, 0.1) is 11.3 Å². The molecule has 1 fully saturated rings. The Kier molecular flexibility index (Phi) is 4.16. The molecular formula is C14H23N3O2S. The summed E-state index contributed by atoms with van der Waals surface area (Å²) in [7, 11) is 1.74. The molecule has 0 saturated heterocycles. The zero-order chi connectivity index (χ0) is 15.0. The molecule has 112 valence electrons. The van der Waals surface area contributed by atoms with Gasteiger partial charge in [-0.25, -0.2) is 0 Å². The summed E-state index contributed by atoms with van der Waals surface area (Å²) in [5, 5.41) is 14.5. The van der Waals surface area contributed by atoms with Crippen LogP contribution in [0.4, 0.5) is 0 Å². The summed E-state index contributed by atoms with van der Waals surface area (Å²) in [6, 6.07) is 0. The predicted molar refractivity (Wildman–Crippen MR) is 79.0 cm³/mol. The number of hydrogen-bond donors (Lipinski definition) is 1. The molecule has 1 aliphatic rings. The van der Waals surface area contributed by atoms with Gasteiger partial charge in [0.15, 0.2) is 0 Å². The van der Waals surface area contributed by atoms with E-state index in [0.717, 1.165) is 42.9 Å². The Morgan fingerprint density at radius 2 is 2.00 bits per heavy atom. The number of rotatable bonds is 3. The van der Waals surface area contributed by atoms with E-state index in [1.807, 2.05) is 20.8 Å². The molecular weight excluding hydrogens is 274 g/mol. The Morgan fingerprint density at radius 3 is 2.55 bits per heavy atom. The Morgan fingerprint density at radius 1 is 1.40 bits per heavy atom. The first kappa shape index (κ1) is 15.4. The molecule has 20 heavy (non-hydrogen) atoms. The Bertz CT molecular complexity index is 487. The van der Waals surface area contributed by atoms with Crippen LogP contribution in [0.2, 0.25) is 0 Å². The number of carbonyl (C=O) groups excluding carboxylic acids is 1. The van der Waals surface area contributed by atoms with Crippen LogP contribution in [0.5, 0.6) is 0 Å². The second-order valence-electron chi connectivity index (χ2n) is 6.79. The van der Waals surface area contributed by atoms with Gasteiger partial charge in [0.2, 0.25) is 0 Å². The lowest BCUT2D eigenvalue weighted by Gasteiger charge is -2.28. The first-order valence-electron chi connectivity index (χ1n) is 7.04. The third kappa shape index (κ3) is 3.17. The largest absolute Gasteiger partial charge is 0.388 e. The minimum absolute atomic E-state index is 0.0924. The van der Waals surface area contributed by atoms with E-state index in [1.165, 1.54) is 0 Å². The monoisotopic (exact) mass is 297 g/mol. The van der Waals surface area contributed by atoms with Crippen LogP contribution in [0.1, 0.15) is 61.8 Å². The SMILES string of the molecule is CN(CC1(O)CCCC1)C(=O)c1snnc1C(C)(C)C. The molecule has 1 N–H and O–H groups in total. The van der Waals surface area contributed by atoms with E-state index in [0.29, 0.717) is 11.4 Å². The van der Waals surface area contributed by atoms with Crippen LogP contribution in [-0.4, -0.2) is 44.7 Å². The standard InChI is InChI=1S/C14H23N3O2S/c1-13(2,3)11-10(20-16-15-11)12(18)17(4)9-14(19)7-5-6-8-14/h19H,5-9H2,1-4H3. The molecule has 1 aromatic rings. The molecule has 0 unspecified atom stereocenters. The predicted octanol–water partition coefficient (Wildman–Crippen LogP) is 2.21. The van der Waals surface area contributed by atoms with Crippen LogP contribution in [-0.2, 0) is 5.41 Å². The van der Waals surface area contributed by atoms with Crippen LogP contribution in [0, 0.1) is 0 Å². The highest BCUT2D eigenvalue weighted by Gasteiger charge is 2.35. The van der Waals surface area contributed by atoms with E-state index in [1.54, 1.807) is 11.9 Å². The number of carbonyl (C=O) groups is 1. The minimum Gasteiger partial charge on any atom is -0.388 e. The number of amides is 1. The molecule has 1 aromatic heterocycles. The van der Waals surface area contributed by atoms with Crippen molar-refractivity contribution in [2.24, 2.45) is 0 Å². The number of nitrogens with zero attached hydrogens (tertiary/aromatic N) is 3. The number of aliphatic hydroxyl groups is 1. The summed E-state index contributed by atoms with van der Waals surface area (Å²) < 4.78 is 3.92. The summed E-state index contributed by atoms with van der Waals surface area (Å²) >= 11 is 1.14. The van der Waals surface area contributed by atoms with Gasteiger partial charge in [-0.05, 0) is 24.4 Å². The van der Waals surface area contributed by atoms with Crippen LogP contribution >= 0.6 is 11.5 Å². The summed E-state index contributed by atoms with van der Waals surface area (Å²) in [5.41, 5.74) is -0.189. The lowest BCUT2D eigenvalue weighted by Crippen LogP contribution is -2.42. The quantitative estimate of drug-likeness (QED) is 0.929. The van der Waals surface area contributed by atoms with Crippen molar-refractivity contribution in [3.63, 3.8) is 0 Å². The van der Waals surface area contributed by atoms with Crippen molar-refractivity contribution in [1.29, 1.82) is 0 Å². The smallest absolute Gasteiger partial charge is 0.267 e. The zero-order valence-electron chi connectivity index (χ0n) is 12.6. The Labute approximate surface area is 124 Å². The second-order valence-corrected chi connectivity index (χ2v) is 7.55. The normalized spacial score (nSPS) is 18.2. The molecule has 1 heterocycles. The molecule has 0 bridgehead atoms. The van der Waals surface area contributed by atoms with Crippen molar-refractivity contribution in [2.75, 3.05) is 13.6 Å². The van der Waals surface area contributed by atoms with Crippen molar-refractivity contribution < 1.29 is 9.90 Å². The van der Waals surface area contributed by atoms with Crippen molar-refractivity contribution in [3.05, 3.63) is 10.6 Å². The van der Waals surface area contributed by atoms with Crippen molar-refractivity contribution in [1.82, 2.24) is 14.5 Å². The summed E-state index contributed by atoms with van der Waals surface area (Å²) in [4.78, 5) is 14.7. The third-order valence-electron chi connectivity index (χ3n) is 3.81. The van der Waals surface area contributed by atoms with Crippen molar-refractivity contribution in [2.45, 2.75) is 57.5 Å². The summed E-state index contributed by atoms with van der Waals surface area (Å²) in [5.74, 6) is -0.0924. The average molecular weight is 297 g/mol. The fourth-order valence-corrected chi connectivity index (χ4v) is 3.57. The highest BCUT2D eigenvalue weighted by molar-refractivity contribution is 7.08. The van der Waals surface area contributed by atoms with E-state index in [-0.39, 0.29) is 11.3 Å². The van der Waals surface area contributed by atoms with Crippen molar-refractivity contribution >= 4 is 17.4 Å². The fourth-order valence-electron chi connectivity index (χ4n) is 2.70. The molecule has 1 aliphatic carbocycles. The molecule has 0 aromatic carbocycles. The van der Waals surface area contributed by atoms with Gasteiger partial charge in [-0.15, -0.1) is 5.10 Å².